The first-order valence-electron chi connectivity index (χ1n) is 5.83. The van der Waals surface area contributed by atoms with Crippen LogP contribution in [-0.4, -0.2) is 20.9 Å². The normalized spacial score (nSPS) is 10.2. The largest absolute Gasteiger partial charge is 0.444 e. The molecule has 2 aromatic rings. The van der Waals surface area contributed by atoms with Gasteiger partial charge in [-0.05, 0) is 24.7 Å². The van der Waals surface area contributed by atoms with E-state index >= 15 is 0 Å². The number of carbonyl (C=O) groups excluding carboxylic acids is 1. The number of aromatic amines is 1. The topological polar surface area (TPSA) is 71.9 Å². The van der Waals surface area contributed by atoms with Crippen LogP contribution in [0.4, 0.5) is 10.7 Å². The predicted octanol–water partition coefficient (Wildman–Crippen LogP) is 2.71. The molecule has 6 nitrogen and oxygen atoms in total. The summed E-state index contributed by atoms with van der Waals surface area (Å²) in [6, 6.07) is 9.45. The molecule has 0 aliphatic rings. The van der Waals surface area contributed by atoms with E-state index in [1.807, 2.05) is 37.3 Å². The maximum Gasteiger partial charge on any atom is 0.414 e. The first-order valence-corrected chi connectivity index (χ1v) is 6.24. The molecule has 0 saturated carbocycles. The van der Waals surface area contributed by atoms with Crippen LogP contribution in [-0.2, 0) is 17.9 Å². The third-order valence-corrected chi connectivity index (χ3v) is 2.81. The Bertz CT molecular complexity index is 606. The summed E-state index contributed by atoms with van der Waals surface area (Å²) >= 11 is 5.02. The summed E-state index contributed by atoms with van der Waals surface area (Å²) in [6.45, 7) is 2.74. The third kappa shape index (κ3) is 3.41. The first kappa shape index (κ1) is 13.3. The van der Waals surface area contributed by atoms with Crippen LogP contribution in [0.3, 0.4) is 0 Å². The fraction of sp³-hybridized carbons (Fsp3) is 0.250. The van der Waals surface area contributed by atoms with Gasteiger partial charge in [-0.25, -0.2) is 9.89 Å². The van der Waals surface area contributed by atoms with Gasteiger partial charge in [0.25, 0.3) is 0 Å². The number of H-pyrrole nitrogens is 1. The zero-order chi connectivity index (χ0) is 13.7. The Balaban J connectivity index is 1.93. The fourth-order valence-corrected chi connectivity index (χ4v) is 1.82. The van der Waals surface area contributed by atoms with E-state index in [-0.39, 0.29) is 6.61 Å². The summed E-state index contributed by atoms with van der Waals surface area (Å²) < 4.78 is 7.21. The van der Waals surface area contributed by atoms with Crippen molar-refractivity contribution in [3.63, 3.8) is 0 Å². The summed E-state index contributed by atoms with van der Waals surface area (Å²) in [6.07, 6.45) is -0.562. The SMILES string of the molecule is CCn1c(NC(=O)OCc2ccccc2)n[nH]c1=S. The highest BCUT2D eigenvalue weighted by atomic mass is 32.1. The van der Waals surface area contributed by atoms with E-state index in [0.717, 1.165) is 5.56 Å². The van der Waals surface area contributed by atoms with Gasteiger partial charge in [0.1, 0.15) is 6.61 Å². The lowest BCUT2D eigenvalue weighted by Gasteiger charge is -2.07. The van der Waals surface area contributed by atoms with Gasteiger partial charge in [-0.2, -0.15) is 0 Å². The zero-order valence-corrected chi connectivity index (χ0v) is 11.2. The summed E-state index contributed by atoms with van der Waals surface area (Å²) in [5.41, 5.74) is 0.923. The molecule has 0 saturated heterocycles. The van der Waals surface area contributed by atoms with E-state index in [2.05, 4.69) is 15.5 Å². The number of nitrogens with one attached hydrogen (secondary N) is 2. The second-order valence-electron chi connectivity index (χ2n) is 3.78. The second kappa shape index (κ2) is 6.14. The number of rotatable bonds is 4. The van der Waals surface area contributed by atoms with Crippen molar-refractivity contribution in [2.24, 2.45) is 0 Å². The Morgan fingerprint density at radius 2 is 2.21 bits per heavy atom. The summed E-state index contributed by atoms with van der Waals surface area (Å²) in [5, 5.41) is 9.07. The molecule has 0 aliphatic carbocycles. The third-order valence-electron chi connectivity index (χ3n) is 2.50. The Kier molecular flexibility index (Phi) is 4.30. The summed E-state index contributed by atoms with van der Waals surface area (Å²) in [4.78, 5) is 11.6. The molecular weight excluding hydrogens is 264 g/mol. The van der Waals surface area contributed by atoms with E-state index in [1.165, 1.54) is 0 Å². The quantitative estimate of drug-likeness (QED) is 0.843. The molecular formula is C12H14N4O2S. The highest BCUT2D eigenvalue weighted by Gasteiger charge is 2.09. The minimum atomic E-state index is -0.562. The van der Waals surface area contributed by atoms with Crippen LogP contribution in [0.1, 0.15) is 12.5 Å². The fourth-order valence-electron chi connectivity index (χ4n) is 1.56. The van der Waals surface area contributed by atoms with Crippen LogP contribution in [0.25, 0.3) is 0 Å². The predicted molar refractivity (Wildman–Crippen MR) is 73.3 cm³/mol. The molecule has 1 amide bonds. The maximum atomic E-state index is 11.6. The van der Waals surface area contributed by atoms with Gasteiger partial charge in [0, 0.05) is 6.54 Å². The molecule has 0 atom stereocenters. The Morgan fingerprint density at radius 3 is 2.89 bits per heavy atom. The number of benzene rings is 1. The minimum absolute atomic E-state index is 0.212. The highest BCUT2D eigenvalue weighted by molar-refractivity contribution is 7.71. The van der Waals surface area contributed by atoms with Crippen molar-refractivity contribution in [1.82, 2.24) is 14.8 Å². The maximum absolute atomic E-state index is 11.6. The van der Waals surface area contributed by atoms with Gasteiger partial charge in [0.15, 0.2) is 4.77 Å². The molecule has 100 valence electrons. The molecule has 1 aromatic carbocycles. The molecule has 2 N–H and O–H groups in total. The zero-order valence-electron chi connectivity index (χ0n) is 10.4. The van der Waals surface area contributed by atoms with Crippen LogP contribution in [0.2, 0.25) is 0 Å². The Hall–Kier alpha value is -2.15. The molecule has 1 heterocycles. The average Bonchev–Trinajstić information content (AvgIpc) is 2.78. The Morgan fingerprint density at radius 1 is 1.47 bits per heavy atom. The van der Waals surface area contributed by atoms with Crippen molar-refractivity contribution in [1.29, 1.82) is 0 Å². The van der Waals surface area contributed by atoms with Gasteiger partial charge < -0.3 is 4.74 Å². The molecule has 7 heteroatoms. The van der Waals surface area contributed by atoms with Crippen molar-refractivity contribution in [2.75, 3.05) is 5.32 Å². The van der Waals surface area contributed by atoms with E-state index in [0.29, 0.717) is 17.3 Å². The van der Waals surface area contributed by atoms with Crippen molar-refractivity contribution in [3.05, 3.63) is 40.7 Å². The Labute approximate surface area is 115 Å². The van der Waals surface area contributed by atoms with Crippen LogP contribution < -0.4 is 5.32 Å². The van der Waals surface area contributed by atoms with Crippen molar-refractivity contribution in [3.8, 4) is 0 Å². The summed E-state index contributed by atoms with van der Waals surface area (Å²) in [5.74, 6) is 0.352. The molecule has 0 unspecified atom stereocenters. The van der Waals surface area contributed by atoms with Gasteiger partial charge in [0.05, 0.1) is 0 Å². The van der Waals surface area contributed by atoms with Crippen LogP contribution >= 0.6 is 12.2 Å². The van der Waals surface area contributed by atoms with Gasteiger partial charge in [0.2, 0.25) is 5.95 Å². The lowest BCUT2D eigenvalue weighted by Crippen LogP contribution is -2.17. The van der Waals surface area contributed by atoms with Crippen molar-refractivity contribution < 1.29 is 9.53 Å². The smallest absolute Gasteiger partial charge is 0.414 e. The molecule has 2 rings (SSSR count). The standard InChI is InChI=1S/C12H14N4O2S/c1-2-16-10(14-15-11(16)19)13-12(17)18-8-9-6-4-3-5-7-9/h3-7H,2,8H2,1H3,(H,15,19)(H,13,14,17). The van der Waals surface area contributed by atoms with Crippen molar-refractivity contribution in [2.45, 2.75) is 20.1 Å². The number of carbonyl (C=O) groups is 1. The number of hydrogen-bond acceptors (Lipinski definition) is 4. The first-order chi connectivity index (χ1) is 9.20. The van der Waals surface area contributed by atoms with Gasteiger partial charge in [-0.15, -0.1) is 5.10 Å². The van der Waals surface area contributed by atoms with Crippen LogP contribution in [0.15, 0.2) is 30.3 Å². The highest BCUT2D eigenvalue weighted by Crippen LogP contribution is 2.06. The number of amides is 1. The van der Waals surface area contributed by atoms with Gasteiger partial charge in [-0.1, -0.05) is 30.3 Å². The lowest BCUT2D eigenvalue weighted by molar-refractivity contribution is 0.155. The number of hydrogen-bond donors (Lipinski definition) is 2. The average molecular weight is 278 g/mol. The monoisotopic (exact) mass is 278 g/mol. The molecule has 0 fully saturated rings. The van der Waals surface area contributed by atoms with E-state index in [9.17, 15) is 4.79 Å². The van der Waals surface area contributed by atoms with Gasteiger partial charge in [-0.3, -0.25) is 9.88 Å². The molecule has 1 aromatic heterocycles. The number of nitrogens with zero attached hydrogens (tertiary/aromatic N) is 2. The van der Waals surface area contributed by atoms with Crippen LogP contribution in [0.5, 0.6) is 0 Å². The summed E-state index contributed by atoms with van der Waals surface area (Å²) in [7, 11) is 0. The number of anilines is 1. The molecule has 0 aliphatic heterocycles. The number of ether oxygens (including phenoxy) is 1. The second-order valence-corrected chi connectivity index (χ2v) is 4.17. The molecule has 19 heavy (non-hydrogen) atoms. The number of aromatic nitrogens is 3. The van der Waals surface area contributed by atoms with Crippen molar-refractivity contribution >= 4 is 24.3 Å². The lowest BCUT2D eigenvalue weighted by atomic mass is 10.2. The van der Waals surface area contributed by atoms with Crippen LogP contribution in [0, 0.1) is 4.77 Å². The molecule has 0 spiro atoms. The van der Waals surface area contributed by atoms with E-state index in [4.69, 9.17) is 17.0 Å². The minimum Gasteiger partial charge on any atom is -0.444 e. The van der Waals surface area contributed by atoms with E-state index < -0.39 is 6.09 Å². The van der Waals surface area contributed by atoms with Gasteiger partial charge >= 0.3 is 6.09 Å². The molecule has 0 bridgehead atoms. The van der Waals surface area contributed by atoms with E-state index in [1.54, 1.807) is 4.57 Å². The molecule has 0 radical (unpaired) electrons.